The molecule has 1 heterocycles. The van der Waals surface area contributed by atoms with E-state index >= 15 is 0 Å². The van der Waals surface area contributed by atoms with E-state index in [1.165, 1.54) is 6.20 Å². The monoisotopic (exact) mass is 293 g/mol. The van der Waals surface area contributed by atoms with E-state index in [-0.39, 0.29) is 5.91 Å². The van der Waals surface area contributed by atoms with Crippen LogP contribution in [0.2, 0.25) is 0 Å². The molecular weight excluding hydrogens is 270 g/mol. The molecule has 1 N–H and O–H groups in total. The van der Waals surface area contributed by atoms with Crippen molar-refractivity contribution in [3.8, 4) is 0 Å². The fraction of sp³-hybridized carbons (Fsp3) is 0.533. The zero-order valence-electron chi connectivity index (χ0n) is 13.3. The van der Waals surface area contributed by atoms with Gasteiger partial charge in [-0.3, -0.25) is 9.78 Å². The van der Waals surface area contributed by atoms with Gasteiger partial charge in [0.2, 0.25) is 0 Å². The van der Waals surface area contributed by atoms with Gasteiger partial charge in [-0.2, -0.15) is 0 Å². The van der Waals surface area contributed by atoms with E-state index < -0.39 is 11.5 Å². The molecular formula is C15H23N3O3. The van der Waals surface area contributed by atoms with E-state index in [4.69, 9.17) is 0 Å². The van der Waals surface area contributed by atoms with E-state index in [2.05, 4.69) is 4.98 Å². The van der Waals surface area contributed by atoms with Crippen LogP contribution in [0.4, 0.5) is 5.69 Å². The van der Waals surface area contributed by atoms with E-state index in [0.29, 0.717) is 24.5 Å². The summed E-state index contributed by atoms with van der Waals surface area (Å²) in [5.41, 5.74) is -0.103. The number of aliphatic carboxylic acids is 1. The highest BCUT2D eigenvalue weighted by Gasteiger charge is 2.32. The van der Waals surface area contributed by atoms with E-state index in [9.17, 15) is 14.7 Å². The van der Waals surface area contributed by atoms with Gasteiger partial charge in [-0.1, -0.05) is 0 Å². The first-order valence-corrected chi connectivity index (χ1v) is 6.98. The quantitative estimate of drug-likeness (QED) is 0.866. The largest absolute Gasteiger partial charge is 0.480 e. The summed E-state index contributed by atoms with van der Waals surface area (Å²) in [5, 5.41) is 9.28. The second kappa shape index (κ2) is 6.56. The molecule has 0 aliphatic rings. The van der Waals surface area contributed by atoms with Crippen LogP contribution in [0.3, 0.4) is 0 Å². The number of hydrogen-bond acceptors (Lipinski definition) is 4. The molecule has 0 aliphatic carbocycles. The maximum atomic E-state index is 12.3. The molecule has 116 valence electrons. The second-order valence-corrected chi connectivity index (χ2v) is 5.30. The maximum absolute atomic E-state index is 12.3. The minimum atomic E-state index is -1.07. The number of carboxylic acid groups (broad SMARTS) is 1. The molecule has 0 aromatic carbocycles. The Morgan fingerprint density at radius 3 is 2.33 bits per heavy atom. The van der Waals surface area contributed by atoms with Crippen LogP contribution in [-0.4, -0.2) is 52.5 Å². The Bertz CT molecular complexity index is 525. The Morgan fingerprint density at radius 2 is 1.86 bits per heavy atom. The minimum absolute atomic E-state index is 0.150. The third-order valence-electron chi connectivity index (χ3n) is 3.76. The Hall–Kier alpha value is -2.11. The molecule has 0 bridgehead atoms. The van der Waals surface area contributed by atoms with Crippen LogP contribution < -0.4 is 4.90 Å². The molecule has 1 amide bonds. The Kier molecular flexibility index (Phi) is 5.29. The fourth-order valence-corrected chi connectivity index (χ4v) is 1.88. The lowest BCUT2D eigenvalue weighted by Crippen LogP contribution is -2.48. The van der Waals surface area contributed by atoms with E-state index in [1.54, 1.807) is 42.8 Å². The van der Waals surface area contributed by atoms with Crippen molar-refractivity contribution < 1.29 is 14.7 Å². The topological polar surface area (TPSA) is 73.7 Å². The average Bonchev–Trinajstić information content (AvgIpc) is 2.47. The summed E-state index contributed by atoms with van der Waals surface area (Å²) < 4.78 is 0. The van der Waals surface area contributed by atoms with Gasteiger partial charge in [-0.25, -0.2) is 4.79 Å². The van der Waals surface area contributed by atoms with Gasteiger partial charge in [0.15, 0.2) is 0 Å². The van der Waals surface area contributed by atoms with E-state index in [0.717, 1.165) is 0 Å². The standard InChI is InChI=1S/C15H23N3O3/c1-6-18(7-2)13(19)12-10-11(8-9-16-12)17(5)15(3,4)14(20)21/h8-10H,6-7H2,1-5H3,(H,20,21). The van der Waals surface area contributed by atoms with Crippen LogP contribution in [0.15, 0.2) is 18.3 Å². The van der Waals surface area contributed by atoms with Crippen molar-refractivity contribution in [2.24, 2.45) is 0 Å². The summed E-state index contributed by atoms with van der Waals surface area (Å²) >= 11 is 0. The Labute approximate surface area is 125 Å². The number of carboxylic acids is 1. The number of carbonyl (C=O) groups excluding carboxylic acids is 1. The van der Waals surface area contributed by atoms with Crippen molar-refractivity contribution in [1.29, 1.82) is 0 Å². The number of rotatable bonds is 6. The first kappa shape index (κ1) is 16.9. The van der Waals surface area contributed by atoms with Gasteiger partial charge >= 0.3 is 5.97 Å². The third kappa shape index (κ3) is 3.51. The number of pyridine rings is 1. The van der Waals surface area contributed by atoms with Crippen molar-refractivity contribution in [3.05, 3.63) is 24.0 Å². The van der Waals surface area contributed by atoms with Crippen LogP contribution >= 0.6 is 0 Å². The van der Waals surface area contributed by atoms with Crippen molar-refractivity contribution in [1.82, 2.24) is 9.88 Å². The summed E-state index contributed by atoms with van der Waals surface area (Å²) in [6.07, 6.45) is 1.53. The lowest BCUT2D eigenvalue weighted by molar-refractivity contribution is -0.142. The van der Waals surface area contributed by atoms with Gasteiger partial charge in [0.05, 0.1) is 0 Å². The van der Waals surface area contributed by atoms with Gasteiger partial charge in [0, 0.05) is 32.0 Å². The highest BCUT2D eigenvalue weighted by molar-refractivity contribution is 5.93. The number of anilines is 1. The summed E-state index contributed by atoms with van der Waals surface area (Å²) in [7, 11) is 1.69. The second-order valence-electron chi connectivity index (χ2n) is 5.30. The molecule has 1 aromatic heterocycles. The average molecular weight is 293 g/mol. The number of likely N-dealkylation sites (N-methyl/N-ethyl adjacent to an activating group) is 1. The van der Waals surface area contributed by atoms with Gasteiger partial charge in [0.25, 0.3) is 5.91 Å². The van der Waals surface area contributed by atoms with Crippen LogP contribution in [0.1, 0.15) is 38.2 Å². The number of nitrogens with zero attached hydrogens (tertiary/aromatic N) is 3. The van der Waals surface area contributed by atoms with Gasteiger partial charge in [-0.15, -0.1) is 0 Å². The fourth-order valence-electron chi connectivity index (χ4n) is 1.88. The van der Waals surface area contributed by atoms with Gasteiger partial charge < -0.3 is 14.9 Å². The highest BCUT2D eigenvalue weighted by Crippen LogP contribution is 2.23. The lowest BCUT2D eigenvalue weighted by atomic mass is 10.0. The Balaban J connectivity index is 3.11. The predicted octanol–water partition coefficient (Wildman–Crippen LogP) is 1.86. The molecule has 0 saturated heterocycles. The summed E-state index contributed by atoms with van der Waals surface area (Å²) in [5.74, 6) is -1.08. The molecule has 0 unspecified atom stereocenters. The molecule has 0 saturated carbocycles. The SMILES string of the molecule is CCN(CC)C(=O)c1cc(N(C)C(C)(C)C(=O)O)ccn1. The number of carbonyl (C=O) groups is 2. The van der Waals surface area contributed by atoms with Crippen molar-refractivity contribution in [2.45, 2.75) is 33.2 Å². The van der Waals surface area contributed by atoms with Crippen LogP contribution in [0.25, 0.3) is 0 Å². The van der Waals surface area contributed by atoms with Gasteiger partial charge in [-0.05, 0) is 39.8 Å². The normalized spacial score (nSPS) is 11.1. The smallest absolute Gasteiger partial charge is 0.328 e. The molecule has 6 nitrogen and oxygen atoms in total. The van der Waals surface area contributed by atoms with Crippen LogP contribution in [0, 0.1) is 0 Å². The molecule has 1 aromatic rings. The first-order valence-electron chi connectivity index (χ1n) is 6.98. The minimum Gasteiger partial charge on any atom is -0.480 e. The van der Waals surface area contributed by atoms with Crippen LogP contribution in [-0.2, 0) is 4.79 Å². The number of amides is 1. The van der Waals surface area contributed by atoms with Crippen molar-refractivity contribution in [2.75, 3.05) is 25.0 Å². The first-order chi connectivity index (χ1) is 9.75. The lowest BCUT2D eigenvalue weighted by Gasteiger charge is -2.33. The third-order valence-corrected chi connectivity index (χ3v) is 3.76. The molecule has 0 radical (unpaired) electrons. The zero-order valence-corrected chi connectivity index (χ0v) is 13.3. The molecule has 0 aliphatic heterocycles. The molecule has 6 heteroatoms. The van der Waals surface area contributed by atoms with Crippen molar-refractivity contribution in [3.63, 3.8) is 0 Å². The molecule has 21 heavy (non-hydrogen) atoms. The highest BCUT2D eigenvalue weighted by atomic mass is 16.4. The van der Waals surface area contributed by atoms with Crippen LogP contribution in [0.5, 0.6) is 0 Å². The number of hydrogen-bond donors (Lipinski definition) is 1. The van der Waals surface area contributed by atoms with Crippen molar-refractivity contribution >= 4 is 17.6 Å². The maximum Gasteiger partial charge on any atom is 0.328 e. The zero-order chi connectivity index (χ0) is 16.2. The summed E-state index contributed by atoms with van der Waals surface area (Å²) in [4.78, 5) is 31.0. The Morgan fingerprint density at radius 1 is 1.29 bits per heavy atom. The molecule has 0 atom stereocenters. The van der Waals surface area contributed by atoms with Gasteiger partial charge in [0.1, 0.15) is 11.2 Å². The number of aromatic nitrogens is 1. The molecule has 0 fully saturated rings. The predicted molar refractivity (Wildman–Crippen MR) is 81.6 cm³/mol. The van der Waals surface area contributed by atoms with E-state index in [1.807, 2.05) is 13.8 Å². The summed E-state index contributed by atoms with van der Waals surface area (Å²) in [6, 6.07) is 3.33. The molecule has 0 spiro atoms. The summed E-state index contributed by atoms with van der Waals surface area (Å²) in [6.45, 7) is 8.26. The molecule has 1 rings (SSSR count).